The summed E-state index contributed by atoms with van der Waals surface area (Å²) in [4.78, 5) is 13.4. The third-order valence-corrected chi connectivity index (χ3v) is 4.03. The molecule has 0 saturated carbocycles. The van der Waals surface area contributed by atoms with Crippen molar-refractivity contribution in [2.24, 2.45) is 5.92 Å². The smallest absolute Gasteiger partial charge is 0.338 e. The number of hydrogen-bond donors (Lipinski definition) is 0. The van der Waals surface area contributed by atoms with Gasteiger partial charge in [-0.05, 0) is 12.8 Å². The maximum atomic E-state index is 12.9. The Morgan fingerprint density at radius 3 is 2.77 bits per heavy atom. The molecule has 1 unspecified atom stereocenters. The topological polar surface area (TPSA) is 51.0 Å². The fourth-order valence-electron chi connectivity index (χ4n) is 2.59. The van der Waals surface area contributed by atoms with Crippen molar-refractivity contribution in [3.8, 4) is 0 Å². The second kappa shape index (κ2) is 6.66. The van der Waals surface area contributed by atoms with Gasteiger partial charge in [-0.3, -0.25) is 4.79 Å². The molecule has 0 bridgehead atoms. The summed E-state index contributed by atoms with van der Waals surface area (Å²) in [5, 5.41) is 7.92. The van der Waals surface area contributed by atoms with Gasteiger partial charge in [0.25, 0.3) is 0 Å². The maximum Gasteiger partial charge on any atom is 0.393 e. The van der Waals surface area contributed by atoms with Crippen molar-refractivity contribution in [1.29, 1.82) is 0 Å². The maximum absolute atomic E-state index is 12.9. The quantitative estimate of drug-likeness (QED) is 0.838. The molecule has 5 nitrogen and oxygen atoms in total. The van der Waals surface area contributed by atoms with Gasteiger partial charge in [-0.25, -0.2) is 0 Å². The van der Waals surface area contributed by atoms with E-state index in [4.69, 9.17) is 0 Å². The molecule has 1 aromatic heterocycles. The molecule has 0 aliphatic carbocycles. The van der Waals surface area contributed by atoms with E-state index in [1.54, 1.807) is 7.05 Å². The molecule has 1 amide bonds. The van der Waals surface area contributed by atoms with Crippen molar-refractivity contribution < 1.29 is 18.0 Å². The molecule has 8 heteroatoms. The lowest BCUT2D eigenvalue weighted by Crippen LogP contribution is -2.34. The van der Waals surface area contributed by atoms with Gasteiger partial charge >= 0.3 is 6.18 Å². The van der Waals surface area contributed by atoms with Crippen LogP contribution in [0.5, 0.6) is 0 Å². The van der Waals surface area contributed by atoms with Crippen molar-refractivity contribution in [3.63, 3.8) is 0 Å². The molecule has 2 heterocycles. The fraction of sp³-hybridized carbons (Fsp3) is 0.786. The molecule has 1 aliphatic rings. The lowest BCUT2D eigenvalue weighted by molar-refractivity contribution is -0.182. The number of nitrogens with zero attached hydrogens (tertiary/aromatic N) is 4. The lowest BCUT2D eigenvalue weighted by Gasteiger charge is -2.27. The van der Waals surface area contributed by atoms with Crippen LogP contribution in [0.15, 0.2) is 0 Å². The van der Waals surface area contributed by atoms with Gasteiger partial charge < -0.3 is 9.47 Å². The Morgan fingerprint density at radius 2 is 2.14 bits per heavy atom. The third kappa shape index (κ3) is 3.78. The monoisotopic (exact) mass is 318 g/mol. The molecule has 0 radical (unpaired) electrons. The first-order chi connectivity index (χ1) is 10.3. The van der Waals surface area contributed by atoms with Crippen LogP contribution in [0.25, 0.3) is 0 Å². The van der Waals surface area contributed by atoms with Crippen molar-refractivity contribution in [2.75, 3.05) is 7.05 Å². The van der Waals surface area contributed by atoms with Crippen LogP contribution < -0.4 is 0 Å². The van der Waals surface area contributed by atoms with Crippen LogP contribution in [0.3, 0.4) is 0 Å². The predicted octanol–water partition coefficient (Wildman–Crippen LogP) is 2.55. The van der Waals surface area contributed by atoms with E-state index in [0.717, 1.165) is 12.8 Å². The Labute approximate surface area is 127 Å². The number of fused-ring (bicyclic) bond motifs is 1. The van der Waals surface area contributed by atoms with E-state index in [-0.39, 0.29) is 31.8 Å². The summed E-state index contributed by atoms with van der Waals surface area (Å²) in [6.45, 7) is 2.04. The Bertz CT molecular complexity index is 527. The zero-order valence-electron chi connectivity index (χ0n) is 12.9. The number of hydrogen-bond acceptors (Lipinski definition) is 3. The highest BCUT2D eigenvalue weighted by Crippen LogP contribution is 2.34. The molecule has 1 aliphatic heterocycles. The Kier molecular flexibility index (Phi) is 5.08. The SMILES string of the molecule is CCCCC(=O)N(C)Cc1nnc2n1CC(C(F)(F)F)CC2. The van der Waals surface area contributed by atoms with Crippen LogP contribution in [0.4, 0.5) is 13.2 Å². The number of aryl methyl sites for hydroxylation is 1. The summed E-state index contributed by atoms with van der Waals surface area (Å²) in [6, 6.07) is 0. The zero-order chi connectivity index (χ0) is 16.3. The summed E-state index contributed by atoms with van der Waals surface area (Å²) in [5.41, 5.74) is 0. The number of unbranched alkanes of at least 4 members (excludes halogenated alkanes) is 1. The second-order valence-corrected chi connectivity index (χ2v) is 5.77. The van der Waals surface area contributed by atoms with E-state index >= 15 is 0 Å². The Balaban J connectivity index is 2.05. The first kappa shape index (κ1) is 16.8. The first-order valence-electron chi connectivity index (χ1n) is 7.54. The van der Waals surface area contributed by atoms with Gasteiger partial charge in [0.1, 0.15) is 5.82 Å². The predicted molar refractivity (Wildman–Crippen MR) is 73.9 cm³/mol. The van der Waals surface area contributed by atoms with Crippen LogP contribution in [0, 0.1) is 5.92 Å². The van der Waals surface area contributed by atoms with Crippen LogP contribution in [-0.4, -0.2) is 38.8 Å². The number of rotatable bonds is 5. The molecule has 2 rings (SSSR count). The van der Waals surface area contributed by atoms with E-state index in [2.05, 4.69) is 10.2 Å². The van der Waals surface area contributed by atoms with Crippen molar-refractivity contribution in [1.82, 2.24) is 19.7 Å². The number of carbonyl (C=O) groups is 1. The lowest BCUT2D eigenvalue weighted by atomic mass is 9.99. The molecule has 0 spiro atoms. The minimum absolute atomic E-state index is 0.0256. The van der Waals surface area contributed by atoms with Gasteiger partial charge in [0.05, 0.1) is 12.5 Å². The third-order valence-electron chi connectivity index (χ3n) is 4.03. The summed E-state index contributed by atoms with van der Waals surface area (Å²) < 4.78 is 40.2. The largest absolute Gasteiger partial charge is 0.393 e. The normalized spacial score (nSPS) is 18.1. The average Bonchev–Trinajstić information content (AvgIpc) is 2.86. The molecule has 0 aromatic carbocycles. The number of alkyl halides is 3. The molecule has 22 heavy (non-hydrogen) atoms. The highest BCUT2D eigenvalue weighted by Gasteiger charge is 2.42. The van der Waals surface area contributed by atoms with Crippen LogP contribution >= 0.6 is 0 Å². The summed E-state index contributed by atoms with van der Waals surface area (Å²) in [7, 11) is 1.64. The van der Waals surface area contributed by atoms with Crippen molar-refractivity contribution >= 4 is 5.91 Å². The summed E-state index contributed by atoms with van der Waals surface area (Å²) in [6.07, 6.45) is -1.72. The Morgan fingerprint density at radius 1 is 1.41 bits per heavy atom. The summed E-state index contributed by atoms with van der Waals surface area (Å²) in [5.74, 6) is -0.389. The van der Waals surface area contributed by atoms with Gasteiger partial charge in [0.15, 0.2) is 5.82 Å². The van der Waals surface area contributed by atoms with E-state index in [9.17, 15) is 18.0 Å². The van der Waals surface area contributed by atoms with E-state index in [0.29, 0.717) is 18.1 Å². The number of amides is 1. The molecule has 1 aromatic rings. The number of carbonyl (C=O) groups excluding carboxylic acids is 1. The van der Waals surface area contributed by atoms with E-state index in [1.165, 1.54) is 9.47 Å². The molecule has 124 valence electrons. The molecule has 0 saturated heterocycles. The highest BCUT2D eigenvalue weighted by molar-refractivity contribution is 5.75. The van der Waals surface area contributed by atoms with E-state index < -0.39 is 12.1 Å². The molecular weight excluding hydrogens is 297 g/mol. The van der Waals surface area contributed by atoms with Gasteiger partial charge in [-0.2, -0.15) is 13.2 Å². The van der Waals surface area contributed by atoms with Crippen molar-refractivity contribution in [3.05, 3.63) is 11.6 Å². The van der Waals surface area contributed by atoms with Crippen LogP contribution in [0.2, 0.25) is 0 Å². The highest BCUT2D eigenvalue weighted by atomic mass is 19.4. The van der Waals surface area contributed by atoms with Crippen molar-refractivity contribution in [2.45, 2.75) is 58.3 Å². The molecule has 1 atom stereocenters. The van der Waals surface area contributed by atoms with E-state index in [1.807, 2.05) is 6.92 Å². The van der Waals surface area contributed by atoms with Gasteiger partial charge in [-0.1, -0.05) is 13.3 Å². The number of halogens is 3. The van der Waals surface area contributed by atoms with Crippen LogP contribution in [-0.2, 0) is 24.3 Å². The second-order valence-electron chi connectivity index (χ2n) is 5.77. The average molecular weight is 318 g/mol. The Hall–Kier alpha value is -1.60. The van der Waals surface area contributed by atoms with Gasteiger partial charge in [0.2, 0.25) is 5.91 Å². The van der Waals surface area contributed by atoms with Crippen LogP contribution in [0.1, 0.15) is 44.3 Å². The number of aromatic nitrogens is 3. The molecule has 0 N–H and O–H groups in total. The molecular formula is C14H21F3N4O. The minimum atomic E-state index is -4.21. The van der Waals surface area contributed by atoms with Gasteiger partial charge in [-0.15, -0.1) is 10.2 Å². The summed E-state index contributed by atoms with van der Waals surface area (Å²) >= 11 is 0. The van der Waals surface area contributed by atoms with Gasteiger partial charge in [0, 0.05) is 26.4 Å². The fourth-order valence-corrected chi connectivity index (χ4v) is 2.59. The minimum Gasteiger partial charge on any atom is -0.338 e. The first-order valence-corrected chi connectivity index (χ1v) is 7.54. The standard InChI is InChI=1S/C14H21F3N4O/c1-3-4-5-13(22)20(2)9-12-19-18-11-7-6-10(8-21(11)12)14(15,16)17/h10H,3-9H2,1-2H3. The zero-order valence-corrected chi connectivity index (χ0v) is 12.9. The molecule has 0 fully saturated rings.